The quantitative estimate of drug-likeness (QED) is 0.134. The molecule has 3 aromatic rings. The molecule has 0 aromatic heterocycles. The maximum absolute atomic E-state index is 13.3. The molecule has 1 N–H and O–H groups in total. The lowest BCUT2D eigenvalue weighted by Crippen LogP contribution is -2.54. The third kappa shape index (κ3) is 5.66. The van der Waals surface area contributed by atoms with E-state index in [2.05, 4.69) is 5.32 Å². The van der Waals surface area contributed by atoms with E-state index in [1.54, 1.807) is 30.3 Å². The second-order valence-corrected chi connectivity index (χ2v) is 9.02. The van der Waals surface area contributed by atoms with Crippen LogP contribution in [-0.2, 0) is 22.6 Å². The number of anilines is 1. The topological polar surface area (TPSA) is 111 Å². The number of aryl methyl sites for hydroxylation is 1. The van der Waals surface area contributed by atoms with Gasteiger partial charge < -0.3 is 9.47 Å². The second kappa shape index (κ2) is 11.4. The van der Waals surface area contributed by atoms with Crippen LogP contribution < -0.4 is 19.7 Å². The predicted molar refractivity (Wildman–Crippen MR) is 147 cm³/mol. The summed E-state index contributed by atoms with van der Waals surface area (Å²) in [4.78, 5) is 37.8. The number of amides is 2. The summed E-state index contributed by atoms with van der Waals surface area (Å²) < 4.78 is 11.2. The van der Waals surface area contributed by atoms with Crippen molar-refractivity contribution < 1.29 is 24.0 Å². The molecule has 1 aliphatic rings. The first-order chi connectivity index (χ1) is 18.2. The molecule has 0 saturated carbocycles. The van der Waals surface area contributed by atoms with Gasteiger partial charge in [-0.15, -0.1) is 0 Å². The molecule has 194 valence electrons. The Morgan fingerprint density at radius 3 is 2.50 bits per heavy atom. The van der Waals surface area contributed by atoms with Gasteiger partial charge >= 0.3 is 0 Å². The van der Waals surface area contributed by atoms with Crippen LogP contribution in [0.2, 0.25) is 5.02 Å². The molecule has 3 aromatic carbocycles. The lowest BCUT2D eigenvalue weighted by Gasteiger charge is -2.29. The molecule has 11 heteroatoms. The SMILES string of the molecule is CCc1ccc(N2C(=O)/C(=C/c3cc(Cl)c(OCc4cccc([N+](=O)[O-])c4)c(OC)c3)C(=O)NC2=S)cc1. The minimum Gasteiger partial charge on any atom is -0.493 e. The lowest BCUT2D eigenvalue weighted by atomic mass is 10.1. The zero-order chi connectivity index (χ0) is 27.4. The van der Waals surface area contributed by atoms with Crippen molar-refractivity contribution in [2.24, 2.45) is 0 Å². The van der Waals surface area contributed by atoms with Gasteiger partial charge in [-0.2, -0.15) is 0 Å². The van der Waals surface area contributed by atoms with E-state index < -0.39 is 16.7 Å². The predicted octanol–water partition coefficient (Wildman–Crippen LogP) is 5.23. The smallest absolute Gasteiger partial charge is 0.270 e. The molecule has 4 rings (SSSR count). The number of hydrogen-bond acceptors (Lipinski definition) is 7. The average molecular weight is 552 g/mol. The Labute approximate surface area is 228 Å². The molecule has 1 saturated heterocycles. The third-order valence-corrected chi connectivity index (χ3v) is 6.34. The Morgan fingerprint density at radius 1 is 1.11 bits per heavy atom. The van der Waals surface area contributed by atoms with E-state index in [0.29, 0.717) is 16.8 Å². The normalized spacial score (nSPS) is 14.4. The summed E-state index contributed by atoms with van der Waals surface area (Å²) in [7, 11) is 1.42. The number of nitro benzene ring substituents is 1. The van der Waals surface area contributed by atoms with Gasteiger partial charge in [0.25, 0.3) is 17.5 Å². The van der Waals surface area contributed by atoms with Crippen molar-refractivity contribution in [3.63, 3.8) is 0 Å². The highest BCUT2D eigenvalue weighted by molar-refractivity contribution is 7.80. The Bertz CT molecular complexity index is 1470. The monoisotopic (exact) mass is 551 g/mol. The van der Waals surface area contributed by atoms with Gasteiger partial charge in [0.15, 0.2) is 16.6 Å². The Kier molecular flexibility index (Phi) is 8.04. The average Bonchev–Trinajstić information content (AvgIpc) is 2.90. The number of hydrogen-bond donors (Lipinski definition) is 1. The Balaban J connectivity index is 1.61. The fourth-order valence-corrected chi connectivity index (χ4v) is 4.37. The molecule has 1 heterocycles. The number of thiocarbonyl (C=S) groups is 1. The van der Waals surface area contributed by atoms with Gasteiger partial charge in [-0.05, 0) is 65.7 Å². The summed E-state index contributed by atoms with van der Waals surface area (Å²) in [6.07, 6.45) is 2.24. The van der Waals surface area contributed by atoms with Crippen LogP contribution in [-0.4, -0.2) is 29.0 Å². The van der Waals surface area contributed by atoms with Crippen molar-refractivity contribution in [3.8, 4) is 11.5 Å². The van der Waals surface area contributed by atoms with Crippen LogP contribution in [0.4, 0.5) is 11.4 Å². The molecule has 0 unspecified atom stereocenters. The standard InChI is InChI=1S/C27H22ClN3O6S/c1-3-16-7-9-19(10-8-16)30-26(33)21(25(32)29-27(30)38)12-18-13-22(28)24(23(14-18)36-2)37-15-17-5-4-6-20(11-17)31(34)35/h4-14H,3,15H2,1-2H3,(H,29,32,38)/b21-12+. The van der Waals surface area contributed by atoms with Gasteiger partial charge in [0.05, 0.1) is 22.7 Å². The Morgan fingerprint density at radius 2 is 1.84 bits per heavy atom. The number of benzene rings is 3. The molecule has 9 nitrogen and oxygen atoms in total. The maximum Gasteiger partial charge on any atom is 0.270 e. The molecule has 0 bridgehead atoms. The number of methoxy groups -OCH3 is 1. The number of nitrogens with one attached hydrogen (secondary N) is 1. The summed E-state index contributed by atoms with van der Waals surface area (Å²) in [6, 6.07) is 16.4. The highest BCUT2D eigenvalue weighted by Crippen LogP contribution is 2.38. The van der Waals surface area contributed by atoms with Crippen LogP contribution in [0, 0.1) is 10.1 Å². The first-order valence-corrected chi connectivity index (χ1v) is 12.2. The molecular formula is C27H22ClN3O6S. The van der Waals surface area contributed by atoms with Gasteiger partial charge in [-0.25, -0.2) is 0 Å². The summed E-state index contributed by atoms with van der Waals surface area (Å²) in [5.41, 5.74) is 2.41. The highest BCUT2D eigenvalue weighted by atomic mass is 35.5. The number of nitrogens with zero attached hydrogens (tertiary/aromatic N) is 2. The molecule has 1 fully saturated rings. The van der Waals surface area contributed by atoms with Crippen molar-refractivity contribution in [2.75, 3.05) is 12.0 Å². The molecule has 2 amide bonds. The van der Waals surface area contributed by atoms with Crippen LogP contribution in [0.1, 0.15) is 23.6 Å². The summed E-state index contributed by atoms with van der Waals surface area (Å²) >= 11 is 11.7. The first-order valence-electron chi connectivity index (χ1n) is 11.5. The second-order valence-electron chi connectivity index (χ2n) is 8.23. The molecule has 0 spiro atoms. The van der Waals surface area contributed by atoms with E-state index in [4.69, 9.17) is 33.3 Å². The highest BCUT2D eigenvalue weighted by Gasteiger charge is 2.34. The van der Waals surface area contributed by atoms with E-state index in [1.807, 2.05) is 19.1 Å². The van der Waals surface area contributed by atoms with E-state index in [1.165, 1.54) is 36.3 Å². The van der Waals surface area contributed by atoms with Crippen molar-refractivity contribution >= 4 is 58.2 Å². The van der Waals surface area contributed by atoms with E-state index in [-0.39, 0.29) is 39.5 Å². The van der Waals surface area contributed by atoms with Crippen LogP contribution in [0.15, 0.2) is 66.2 Å². The fraction of sp³-hybridized carbons (Fsp3) is 0.148. The number of halogens is 1. The van der Waals surface area contributed by atoms with Crippen molar-refractivity contribution in [3.05, 3.63) is 98.1 Å². The molecular weight excluding hydrogens is 530 g/mol. The van der Waals surface area contributed by atoms with Gasteiger partial charge in [0.2, 0.25) is 0 Å². The first kappa shape index (κ1) is 26.8. The van der Waals surface area contributed by atoms with Gasteiger partial charge in [0, 0.05) is 12.1 Å². The van der Waals surface area contributed by atoms with Gasteiger partial charge in [-0.3, -0.25) is 29.9 Å². The van der Waals surface area contributed by atoms with Crippen molar-refractivity contribution in [1.29, 1.82) is 0 Å². The molecule has 0 radical (unpaired) electrons. The molecule has 1 aliphatic heterocycles. The summed E-state index contributed by atoms with van der Waals surface area (Å²) in [5, 5.41) is 13.7. The maximum atomic E-state index is 13.3. The number of carbonyl (C=O) groups is 2. The van der Waals surface area contributed by atoms with Crippen molar-refractivity contribution in [1.82, 2.24) is 5.32 Å². The fourth-order valence-electron chi connectivity index (χ4n) is 3.82. The zero-order valence-corrected chi connectivity index (χ0v) is 22.0. The minimum atomic E-state index is -0.637. The summed E-state index contributed by atoms with van der Waals surface area (Å²) in [5.74, 6) is -0.756. The number of carbonyl (C=O) groups excluding carboxylic acids is 2. The van der Waals surface area contributed by atoms with E-state index in [9.17, 15) is 19.7 Å². The largest absolute Gasteiger partial charge is 0.493 e. The number of non-ortho nitro benzene ring substituents is 1. The number of ether oxygens (including phenoxy) is 2. The van der Waals surface area contributed by atoms with Crippen LogP contribution in [0.3, 0.4) is 0 Å². The van der Waals surface area contributed by atoms with Crippen molar-refractivity contribution in [2.45, 2.75) is 20.0 Å². The van der Waals surface area contributed by atoms with Crippen LogP contribution in [0.25, 0.3) is 6.08 Å². The number of rotatable bonds is 8. The zero-order valence-electron chi connectivity index (χ0n) is 20.4. The third-order valence-electron chi connectivity index (χ3n) is 5.77. The molecule has 0 atom stereocenters. The lowest BCUT2D eigenvalue weighted by molar-refractivity contribution is -0.384. The minimum absolute atomic E-state index is 0.00230. The number of nitro groups is 1. The van der Waals surface area contributed by atoms with Crippen LogP contribution >= 0.6 is 23.8 Å². The van der Waals surface area contributed by atoms with Crippen LogP contribution in [0.5, 0.6) is 11.5 Å². The van der Waals surface area contributed by atoms with E-state index >= 15 is 0 Å². The Hall–Kier alpha value is -4.28. The van der Waals surface area contributed by atoms with E-state index in [0.717, 1.165) is 12.0 Å². The molecule has 0 aliphatic carbocycles. The molecule has 38 heavy (non-hydrogen) atoms. The summed E-state index contributed by atoms with van der Waals surface area (Å²) in [6.45, 7) is 2.03. The van der Waals surface area contributed by atoms with Gasteiger partial charge in [0.1, 0.15) is 12.2 Å². The van der Waals surface area contributed by atoms with Gasteiger partial charge in [-0.1, -0.05) is 42.8 Å².